The van der Waals surface area contributed by atoms with Crippen LogP contribution in [0, 0.1) is 11.8 Å². The predicted octanol–water partition coefficient (Wildman–Crippen LogP) is 4.02. The second-order valence-corrected chi connectivity index (χ2v) is 12.3. The molecule has 3 aromatic rings. The predicted molar refractivity (Wildman–Crippen MR) is 173 cm³/mol. The van der Waals surface area contributed by atoms with Crippen LogP contribution >= 0.6 is 0 Å². The fraction of sp³-hybridized carbons (Fsp3) is 0.361. The van der Waals surface area contributed by atoms with Gasteiger partial charge < -0.3 is 25.7 Å². The van der Waals surface area contributed by atoms with Crippen molar-refractivity contribution in [1.82, 2.24) is 10.2 Å². The van der Waals surface area contributed by atoms with E-state index >= 15 is 0 Å². The van der Waals surface area contributed by atoms with E-state index in [4.69, 9.17) is 0 Å². The Morgan fingerprint density at radius 3 is 2.58 bits per heavy atom. The molecule has 4 N–H and O–H groups in total. The third-order valence-electron chi connectivity index (χ3n) is 9.39. The molecule has 3 heterocycles. The van der Waals surface area contributed by atoms with Crippen LogP contribution in [0.25, 0.3) is 0 Å². The number of benzene rings is 3. The summed E-state index contributed by atoms with van der Waals surface area (Å²) in [5.74, 6) is -1.57. The normalized spacial score (nSPS) is 23.5. The first-order chi connectivity index (χ1) is 21.8. The monoisotopic (exact) mass is 608 g/mol. The van der Waals surface area contributed by atoms with Crippen LogP contribution < -0.4 is 15.5 Å². The smallest absolute Gasteiger partial charge is 0.268 e. The van der Waals surface area contributed by atoms with E-state index in [0.29, 0.717) is 42.1 Å². The minimum absolute atomic E-state index is 0.0635. The second-order valence-electron chi connectivity index (χ2n) is 12.3. The molecule has 3 amide bonds. The Morgan fingerprint density at radius 2 is 1.84 bits per heavy atom. The number of carbonyl (C=O) groups excluding carboxylic acids is 3. The molecule has 0 spiro atoms. The molecule has 1 unspecified atom stereocenters. The molecule has 0 aliphatic carbocycles. The van der Waals surface area contributed by atoms with Crippen molar-refractivity contribution in [1.29, 1.82) is 0 Å². The summed E-state index contributed by atoms with van der Waals surface area (Å²) in [4.78, 5) is 43.6. The average Bonchev–Trinajstić information content (AvgIpc) is 3.30. The molecule has 3 aromatic carbocycles. The van der Waals surface area contributed by atoms with Crippen molar-refractivity contribution in [3.8, 4) is 0 Å². The zero-order valence-electron chi connectivity index (χ0n) is 25.5. The maximum absolute atomic E-state index is 14.1. The third-order valence-corrected chi connectivity index (χ3v) is 9.39. The van der Waals surface area contributed by atoms with E-state index in [2.05, 4.69) is 10.6 Å². The standard InChI is InChI=1S/C36H40N4O5/c1-24(9-7-15-33(42)39-22-27-11-6-5-10-25(27)19-30(39)23-41)36(45)31-20-28(38-34(43)26-12-8-18-37-21-26)16-17-32(31)40(35(36)44)29-13-3-2-4-14-29/h2-7,9-11,13-14,16-17,20,24,26,30,37,41,45H,8,12,15,18-19,21-23H2,1H3,(H,38,43)/b9-7+/t24-,26?,30+,36+/m1/s1. The van der Waals surface area contributed by atoms with Crippen LogP contribution in [0.1, 0.15) is 42.9 Å². The van der Waals surface area contributed by atoms with Crippen molar-refractivity contribution in [2.75, 3.05) is 29.9 Å². The summed E-state index contributed by atoms with van der Waals surface area (Å²) in [6.45, 7) is 3.57. The molecule has 1 fully saturated rings. The Hall–Kier alpha value is -4.31. The lowest BCUT2D eigenvalue weighted by Gasteiger charge is -2.36. The van der Waals surface area contributed by atoms with Crippen molar-refractivity contribution in [2.24, 2.45) is 11.8 Å². The first-order valence-electron chi connectivity index (χ1n) is 15.7. The van der Waals surface area contributed by atoms with Crippen LogP contribution in [0.5, 0.6) is 0 Å². The lowest BCUT2D eigenvalue weighted by atomic mass is 9.82. The first-order valence-corrected chi connectivity index (χ1v) is 15.7. The fourth-order valence-corrected chi connectivity index (χ4v) is 6.77. The number of anilines is 3. The highest BCUT2D eigenvalue weighted by atomic mass is 16.3. The number of nitrogens with zero attached hydrogens (tertiary/aromatic N) is 2. The van der Waals surface area contributed by atoms with Gasteiger partial charge in [-0.25, -0.2) is 0 Å². The van der Waals surface area contributed by atoms with Crippen LogP contribution in [-0.4, -0.2) is 58.6 Å². The number of aliphatic hydroxyl groups is 2. The fourth-order valence-electron chi connectivity index (χ4n) is 6.77. The molecule has 0 radical (unpaired) electrons. The zero-order chi connectivity index (χ0) is 31.6. The first kappa shape index (κ1) is 30.7. The highest BCUT2D eigenvalue weighted by Gasteiger charge is 2.53. The molecule has 6 rings (SSSR count). The summed E-state index contributed by atoms with van der Waals surface area (Å²) in [7, 11) is 0. The van der Waals surface area contributed by atoms with Gasteiger partial charge in [0.05, 0.1) is 24.3 Å². The number of hydrogen-bond donors (Lipinski definition) is 4. The SMILES string of the molecule is C[C@H](/C=C/CC(=O)N1Cc2ccccc2C[C@H]1CO)[C@@]1(O)C(=O)N(c2ccccc2)c2ccc(NC(=O)C3CCCNC3)cc21. The van der Waals surface area contributed by atoms with Crippen LogP contribution in [0.2, 0.25) is 0 Å². The van der Waals surface area contributed by atoms with Gasteiger partial charge in [-0.1, -0.05) is 61.5 Å². The molecular formula is C36H40N4O5. The lowest BCUT2D eigenvalue weighted by Crippen LogP contribution is -2.46. The van der Waals surface area contributed by atoms with Crippen molar-refractivity contribution >= 4 is 34.8 Å². The maximum atomic E-state index is 14.1. The van der Waals surface area contributed by atoms with E-state index in [1.165, 1.54) is 4.90 Å². The molecule has 0 bridgehead atoms. The van der Waals surface area contributed by atoms with Gasteiger partial charge in [0.2, 0.25) is 11.8 Å². The molecule has 0 saturated carbocycles. The quantitative estimate of drug-likeness (QED) is 0.287. The highest BCUT2D eigenvalue weighted by Crippen LogP contribution is 2.49. The van der Waals surface area contributed by atoms with Crippen molar-refractivity contribution in [3.63, 3.8) is 0 Å². The van der Waals surface area contributed by atoms with E-state index in [1.807, 2.05) is 54.6 Å². The molecule has 3 aliphatic rings. The summed E-state index contributed by atoms with van der Waals surface area (Å²) in [5.41, 5.74) is 2.34. The van der Waals surface area contributed by atoms with Crippen LogP contribution in [0.15, 0.2) is 84.9 Å². The summed E-state index contributed by atoms with van der Waals surface area (Å²) >= 11 is 0. The van der Waals surface area contributed by atoms with E-state index in [-0.39, 0.29) is 36.8 Å². The molecule has 1 saturated heterocycles. The van der Waals surface area contributed by atoms with Crippen LogP contribution in [-0.2, 0) is 33.0 Å². The molecular weight excluding hydrogens is 568 g/mol. The van der Waals surface area contributed by atoms with Gasteiger partial charge in [0.15, 0.2) is 5.60 Å². The van der Waals surface area contributed by atoms with Gasteiger partial charge in [-0.05, 0) is 67.3 Å². The Balaban J connectivity index is 1.24. The summed E-state index contributed by atoms with van der Waals surface area (Å²) < 4.78 is 0. The molecule has 0 aromatic heterocycles. The lowest BCUT2D eigenvalue weighted by molar-refractivity contribution is -0.138. The van der Waals surface area contributed by atoms with Gasteiger partial charge in [-0.15, -0.1) is 0 Å². The van der Waals surface area contributed by atoms with Crippen molar-refractivity contribution < 1.29 is 24.6 Å². The Morgan fingerprint density at radius 1 is 1.09 bits per heavy atom. The third kappa shape index (κ3) is 5.91. The van der Waals surface area contributed by atoms with Gasteiger partial charge in [0.1, 0.15) is 0 Å². The molecule has 9 nitrogen and oxygen atoms in total. The number of hydrogen-bond acceptors (Lipinski definition) is 6. The molecule has 4 atom stereocenters. The number of carbonyl (C=O) groups is 3. The van der Waals surface area contributed by atoms with Gasteiger partial charge >= 0.3 is 0 Å². The summed E-state index contributed by atoms with van der Waals surface area (Å²) in [6.07, 6.45) is 5.79. The Bertz CT molecular complexity index is 1600. The van der Waals surface area contributed by atoms with Crippen molar-refractivity contribution in [2.45, 2.75) is 50.8 Å². The molecule has 3 aliphatic heterocycles. The largest absolute Gasteiger partial charge is 0.394 e. The number of piperidine rings is 1. The van der Waals surface area contributed by atoms with Gasteiger partial charge in [0, 0.05) is 42.4 Å². The topological polar surface area (TPSA) is 122 Å². The molecule has 45 heavy (non-hydrogen) atoms. The minimum Gasteiger partial charge on any atom is -0.394 e. The molecule has 234 valence electrons. The maximum Gasteiger partial charge on any atom is 0.268 e. The number of para-hydroxylation sites is 1. The minimum atomic E-state index is -1.93. The van der Waals surface area contributed by atoms with Gasteiger partial charge in [0.25, 0.3) is 5.91 Å². The molecule has 9 heteroatoms. The zero-order valence-corrected chi connectivity index (χ0v) is 25.5. The van der Waals surface area contributed by atoms with Gasteiger partial charge in [-0.3, -0.25) is 19.3 Å². The van der Waals surface area contributed by atoms with Crippen molar-refractivity contribution in [3.05, 3.63) is 102 Å². The summed E-state index contributed by atoms with van der Waals surface area (Å²) in [6, 6.07) is 22.0. The van der Waals surface area contributed by atoms with E-state index < -0.39 is 17.4 Å². The number of nitrogens with one attached hydrogen (secondary N) is 2. The van der Waals surface area contributed by atoms with Crippen LogP contribution in [0.3, 0.4) is 0 Å². The number of rotatable bonds is 8. The van der Waals surface area contributed by atoms with Gasteiger partial charge in [-0.2, -0.15) is 0 Å². The van der Waals surface area contributed by atoms with E-state index in [9.17, 15) is 24.6 Å². The number of aliphatic hydroxyl groups excluding tert-OH is 1. The average molecular weight is 609 g/mol. The Kier molecular flexibility index (Phi) is 8.85. The van der Waals surface area contributed by atoms with E-state index in [1.54, 1.807) is 42.2 Å². The number of amides is 3. The number of fused-ring (bicyclic) bond motifs is 2. The van der Waals surface area contributed by atoms with E-state index in [0.717, 1.165) is 30.5 Å². The Labute approximate surface area is 263 Å². The second kappa shape index (κ2) is 13.0. The van der Waals surface area contributed by atoms with Crippen LogP contribution in [0.4, 0.5) is 17.1 Å². The highest BCUT2D eigenvalue weighted by molar-refractivity contribution is 6.12. The summed E-state index contributed by atoms with van der Waals surface area (Å²) in [5, 5.41) is 28.5.